The molecule has 2 heterocycles. The zero-order valence-electron chi connectivity index (χ0n) is 8.97. The molecule has 1 N–H and O–H groups in total. The highest BCUT2D eigenvalue weighted by Gasteiger charge is 2.44. The lowest BCUT2D eigenvalue weighted by molar-refractivity contribution is -0.0420. The fourth-order valence-electron chi connectivity index (χ4n) is 2.69. The van der Waals surface area contributed by atoms with Crippen molar-refractivity contribution in [1.82, 2.24) is 10.2 Å². The van der Waals surface area contributed by atoms with Crippen LogP contribution in [0.3, 0.4) is 0 Å². The lowest BCUT2D eigenvalue weighted by atomic mass is 9.73. The first-order valence-electron chi connectivity index (χ1n) is 5.70. The third kappa shape index (κ3) is 1.75. The van der Waals surface area contributed by atoms with Gasteiger partial charge in [0.25, 0.3) is 0 Å². The number of nitrogens with one attached hydrogen (secondary N) is 1. The Bertz CT molecular complexity index is 165. The number of nitrogens with zero attached hydrogens (tertiary/aromatic N) is 1. The number of piperidine rings is 1. The summed E-state index contributed by atoms with van der Waals surface area (Å²) in [6.07, 6.45) is 4.13. The van der Waals surface area contributed by atoms with Gasteiger partial charge in [0.2, 0.25) is 0 Å². The summed E-state index contributed by atoms with van der Waals surface area (Å²) in [6, 6.07) is 0.799. The third-order valence-corrected chi connectivity index (χ3v) is 3.85. The Labute approximate surface area is 81.7 Å². The van der Waals surface area contributed by atoms with Gasteiger partial charge in [-0.1, -0.05) is 6.92 Å². The van der Waals surface area contributed by atoms with E-state index in [1.165, 1.54) is 45.4 Å². The molecule has 2 fully saturated rings. The van der Waals surface area contributed by atoms with Crippen LogP contribution >= 0.6 is 0 Å². The van der Waals surface area contributed by atoms with Crippen molar-refractivity contribution in [3.8, 4) is 0 Å². The van der Waals surface area contributed by atoms with E-state index < -0.39 is 0 Å². The third-order valence-electron chi connectivity index (χ3n) is 3.85. The predicted octanol–water partition coefficient (Wildman–Crippen LogP) is 1.47. The summed E-state index contributed by atoms with van der Waals surface area (Å²) in [7, 11) is 0. The van der Waals surface area contributed by atoms with Crippen LogP contribution in [0.4, 0.5) is 0 Å². The number of likely N-dealkylation sites (tertiary alicyclic amines) is 1. The van der Waals surface area contributed by atoms with Gasteiger partial charge in [0.1, 0.15) is 0 Å². The molecule has 1 atom stereocenters. The van der Waals surface area contributed by atoms with E-state index in [-0.39, 0.29) is 0 Å². The molecule has 0 bridgehead atoms. The molecule has 76 valence electrons. The Hall–Kier alpha value is -0.0800. The molecule has 0 saturated carbocycles. The first-order chi connectivity index (χ1) is 6.26. The molecule has 2 nitrogen and oxygen atoms in total. The molecule has 0 radical (unpaired) electrons. The molecule has 0 amide bonds. The van der Waals surface area contributed by atoms with Crippen molar-refractivity contribution in [1.29, 1.82) is 0 Å². The summed E-state index contributed by atoms with van der Waals surface area (Å²) in [6.45, 7) is 9.83. The summed E-state index contributed by atoms with van der Waals surface area (Å²) >= 11 is 0. The summed E-state index contributed by atoms with van der Waals surface area (Å²) in [4.78, 5) is 2.63. The van der Waals surface area contributed by atoms with Crippen LogP contribution < -0.4 is 5.32 Å². The van der Waals surface area contributed by atoms with Gasteiger partial charge < -0.3 is 5.32 Å². The van der Waals surface area contributed by atoms with E-state index in [0.717, 1.165) is 6.04 Å². The molecule has 13 heavy (non-hydrogen) atoms. The predicted molar refractivity (Wildman–Crippen MR) is 55.9 cm³/mol. The SMILES string of the molecule is CCC(C)N1CC2(CCCNC2)C1. The maximum Gasteiger partial charge on any atom is 0.00829 e. The van der Waals surface area contributed by atoms with E-state index in [0.29, 0.717) is 5.41 Å². The Balaban J connectivity index is 1.81. The maximum atomic E-state index is 3.53. The van der Waals surface area contributed by atoms with Gasteiger partial charge in [-0.05, 0) is 32.7 Å². The van der Waals surface area contributed by atoms with E-state index in [1.807, 2.05) is 0 Å². The Morgan fingerprint density at radius 3 is 2.77 bits per heavy atom. The second-order valence-corrected chi connectivity index (χ2v) is 4.94. The summed E-state index contributed by atoms with van der Waals surface area (Å²) in [5.74, 6) is 0. The Morgan fingerprint density at radius 1 is 1.46 bits per heavy atom. The van der Waals surface area contributed by atoms with Crippen LogP contribution in [-0.2, 0) is 0 Å². The highest BCUT2D eigenvalue weighted by atomic mass is 15.2. The molecule has 2 heteroatoms. The van der Waals surface area contributed by atoms with Crippen molar-refractivity contribution in [2.24, 2.45) is 5.41 Å². The van der Waals surface area contributed by atoms with E-state index in [1.54, 1.807) is 0 Å². The van der Waals surface area contributed by atoms with Crippen LogP contribution in [0.2, 0.25) is 0 Å². The normalized spacial score (nSPS) is 30.0. The number of hydrogen-bond acceptors (Lipinski definition) is 2. The van der Waals surface area contributed by atoms with Crippen LogP contribution in [0.15, 0.2) is 0 Å². The van der Waals surface area contributed by atoms with E-state index >= 15 is 0 Å². The minimum absolute atomic E-state index is 0.668. The second kappa shape index (κ2) is 3.58. The molecular formula is C11H22N2. The summed E-state index contributed by atoms with van der Waals surface area (Å²) in [5, 5.41) is 3.53. The zero-order chi connectivity index (χ0) is 9.31. The Kier molecular flexibility index (Phi) is 2.61. The lowest BCUT2D eigenvalue weighted by Crippen LogP contribution is -2.64. The van der Waals surface area contributed by atoms with Crippen molar-refractivity contribution in [2.75, 3.05) is 26.2 Å². The van der Waals surface area contributed by atoms with Gasteiger partial charge >= 0.3 is 0 Å². The topological polar surface area (TPSA) is 15.3 Å². The largest absolute Gasteiger partial charge is 0.316 e. The van der Waals surface area contributed by atoms with Crippen LogP contribution in [0.5, 0.6) is 0 Å². The minimum atomic E-state index is 0.668. The van der Waals surface area contributed by atoms with Crippen LogP contribution in [0, 0.1) is 5.41 Å². The van der Waals surface area contributed by atoms with Gasteiger partial charge in [0, 0.05) is 31.1 Å². The smallest absolute Gasteiger partial charge is 0.00829 e. The molecule has 0 aromatic heterocycles. The molecule has 2 aliphatic heterocycles. The monoisotopic (exact) mass is 182 g/mol. The quantitative estimate of drug-likeness (QED) is 0.695. The molecule has 1 spiro atoms. The van der Waals surface area contributed by atoms with Crippen LogP contribution in [0.1, 0.15) is 33.1 Å². The molecule has 1 unspecified atom stereocenters. The summed E-state index contributed by atoms with van der Waals surface area (Å²) in [5.41, 5.74) is 0.668. The molecule has 0 aromatic rings. The van der Waals surface area contributed by atoms with Gasteiger partial charge in [0.05, 0.1) is 0 Å². The van der Waals surface area contributed by atoms with Crippen molar-refractivity contribution >= 4 is 0 Å². The van der Waals surface area contributed by atoms with Crippen molar-refractivity contribution in [3.63, 3.8) is 0 Å². The average molecular weight is 182 g/mol. The van der Waals surface area contributed by atoms with Crippen LogP contribution in [-0.4, -0.2) is 37.1 Å². The van der Waals surface area contributed by atoms with E-state index in [2.05, 4.69) is 24.1 Å². The second-order valence-electron chi connectivity index (χ2n) is 4.94. The Morgan fingerprint density at radius 2 is 2.23 bits per heavy atom. The van der Waals surface area contributed by atoms with Crippen molar-refractivity contribution < 1.29 is 0 Å². The highest BCUT2D eigenvalue weighted by Crippen LogP contribution is 2.37. The molecule has 2 saturated heterocycles. The number of rotatable bonds is 2. The zero-order valence-corrected chi connectivity index (χ0v) is 8.97. The average Bonchev–Trinajstić information content (AvgIpc) is 2.14. The van der Waals surface area contributed by atoms with Gasteiger partial charge in [-0.2, -0.15) is 0 Å². The summed E-state index contributed by atoms with van der Waals surface area (Å²) < 4.78 is 0. The van der Waals surface area contributed by atoms with Gasteiger partial charge in [-0.15, -0.1) is 0 Å². The lowest BCUT2D eigenvalue weighted by Gasteiger charge is -2.54. The molecular weight excluding hydrogens is 160 g/mol. The standard InChI is InChI=1S/C11H22N2/c1-3-10(2)13-8-11(9-13)5-4-6-12-7-11/h10,12H,3-9H2,1-2H3. The van der Waals surface area contributed by atoms with Gasteiger partial charge in [-0.25, -0.2) is 0 Å². The molecule has 0 aliphatic carbocycles. The fourth-order valence-corrected chi connectivity index (χ4v) is 2.69. The number of hydrogen-bond donors (Lipinski definition) is 1. The first-order valence-corrected chi connectivity index (χ1v) is 5.70. The minimum Gasteiger partial charge on any atom is -0.316 e. The van der Waals surface area contributed by atoms with Gasteiger partial charge in [0.15, 0.2) is 0 Å². The maximum absolute atomic E-state index is 3.53. The molecule has 2 rings (SSSR count). The van der Waals surface area contributed by atoms with Crippen LogP contribution in [0.25, 0.3) is 0 Å². The highest BCUT2D eigenvalue weighted by molar-refractivity contribution is 4.99. The molecule has 2 aliphatic rings. The van der Waals surface area contributed by atoms with Gasteiger partial charge in [-0.3, -0.25) is 4.90 Å². The fraction of sp³-hybridized carbons (Fsp3) is 1.00. The van der Waals surface area contributed by atoms with Crippen molar-refractivity contribution in [2.45, 2.75) is 39.2 Å². The van der Waals surface area contributed by atoms with Crippen molar-refractivity contribution in [3.05, 3.63) is 0 Å². The van der Waals surface area contributed by atoms with E-state index in [4.69, 9.17) is 0 Å². The first kappa shape index (κ1) is 9.47. The van der Waals surface area contributed by atoms with E-state index in [9.17, 15) is 0 Å². The molecule has 0 aromatic carbocycles.